The lowest BCUT2D eigenvalue weighted by Crippen LogP contribution is -2.50. The van der Waals surface area contributed by atoms with Crippen molar-refractivity contribution in [3.8, 4) is 0 Å². The Morgan fingerprint density at radius 2 is 1.77 bits per heavy atom. The molecule has 0 radical (unpaired) electrons. The number of carbonyl (C=O) groups is 1. The monoisotopic (exact) mass is 450 g/mol. The molecule has 6 nitrogen and oxygen atoms in total. The molecule has 1 fully saturated rings. The van der Waals surface area contributed by atoms with E-state index < -0.39 is 10.0 Å². The summed E-state index contributed by atoms with van der Waals surface area (Å²) in [6, 6.07) is 11.9. The molecule has 1 saturated heterocycles. The second-order valence-corrected chi connectivity index (χ2v) is 10.9. The smallest absolute Gasteiger partial charge is 0.244 e. The van der Waals surface area contributed by atoms with Gasteiger partial charge >= 0.3 is 0 Å². The van der Waals surface area contributed by atoms with E-state index in [1.54, 1.807) is 11.0 Å². The van der Waals surface area contributed by atoms with Gasteiger partial charge < -0.3 is 9.64 Å². The number of rotatable bonds is 9. The van der Waals surface area contributed by atoms with Crippen molar-refractivity contribution in [2.24, 2.45) is 0 Å². The van der Waals surface area contributed by atoms with Gasteiger partial charge in [-0.05, 0) is 38.3 Å². The Labute approximate surface area is 183 Å². The van der Waals surface area contributed by atoms with E-state index in [0.717, 1.165) is 16.2 Å². The highest BCUT2D eigenvalue weighted by molar-refractivity contribution is 7.89. The molecule has 1 aliphatic rings. The molecule has 1 amide bonds. The summed E-state index contributed by atoms with van der Waals surface area (Å²) < 4.78 is 32.9. The first kappa shape index (κ1) is 22.9. The minimum atomic E-state index is -3.49. The molecule has 0 saturated carbocycles. The van der Waals surface area contributed by atoms with Gasteiger partial charge in [0.2, 0.25) is 15.9 Å². The normalized spacial score (nSPS) is 15.5. The van der Waals surface area contributed by atoms with Crippen LogP contribution in [0.15, 0.2) is 41.3 Å². The van der Waals surface area contributed by atoms with Gasteiger partial charge in [-0.25, -0.2) is 8.42 Å². The summed E-state index contributed by atoms with van der Waals surface area (Å²) in [7, 11) is -3.49. The highest BCUT2D eigenvalue weighted by atomic mass is 32.2. The van der Waals surface area contributed by atoms with Crippen molar-refractivity contribution >= 4 is 27.3 Å². The second-order valence-electron chi connectivity index (χ2n) is 7.51. The summed E-state index contributed by atoms with van der Waals surface area (Å²) in [6.45, 7) is 6.53. The number of benzene rings is 1. The SMILES string of the molecule is Cc1cc(S(=O)(=O)N2CCN(C(=O)CCCOCCc3ccccc3)CC2)c(C)s1. The number of thiophene rings is 1. The largest absolute Gasteiger partial charge is 0.381 e. The van der Waals surface area contributed by atoms with Gasteiger partial charge in [-0.3, -0.25) is 4.79 Å². The van der Waals surface area contributed by atoms with Gasteiger partial charge in [0.1, 0.15) is 0 Å². The maximum atomic E-state index is 12.9. The van der Waals surface area contributed by atoms with Crippen LogP contribution < -0.4 is 0 Å². The maximum absolute atomic E-state index is 12.9. The van der Waals surface area contributed by atoms with Crippen LogP contribution in [-0.2, 0) is 26.0 Å². The molecular weight excluding hydrogens is 420 g/mol. The molecule has 1 aliphatic heterocycles. The van der Waals surface area contributed by atoms with Crippen molar-refractivity contribution < 1.29 is 17.9 Å². The number of hydrogen-bond donors (Lipinski definition) is 0. The van der Waals surface area contributed by atoms with Crippen LogP contribution in [-0.4, -0.2) is 62.9 Å². The minimum Gasteiger partial charge on any atom is -0.381 e. The highest BCUT2D eigenvalue weighted by Gasteiger charge is 2.31. The first-order valence-electron chi connectivity index (χ1n) is 10.3. The average Bonchev–Trinajstić information content (AvgIpc) is 3.10. The molecule has 2 heterocycles. The van der Waals surface area contributed by atoms with Crippen molar-refractivity contribution in [3.63, 3.8) is 0 Å². The molecule has 1 aromatic carbocycles. The Bertz CT molecular complexity index is 933. The minimum absolute atomic E-state index is 0.0706. The Balaban J connectivity index is 1.36. The van der Waals surface area contributed by atoms with Crippen LogP contribution >= 0.6 is 11.3 Å². The number of nitrogens with zero attached hydrogens (tertiary/aromatic N) is 2. The van der Waals surface area contributed by atoms with E-state index in [-0.39, 0.29) is 5.91 Å². The zero-order valence-corrected chi connectivity index (χ0v) is 19.3. The van der Waals surface area contributed by atoms with Crippen LogP contribution in [0.3, 0.4) is 0 Å². The molecule has 0 unspecified atom stereocenters. The topological polar surface area (TPSA) is 66.9 Å². The third-order valence-electron chi connectivity index (χ3n) is 5.26. The summed E-state index contributed by atoms with van der Waals surface area (Å²) in [5.74, 6) is 0.0706. The van der Waals surface area contributed by atoms with Crippen LogP contribution in [0.5, 0.6) is 0 Å². The molecule has 0 bridgehead atoms. The van der Waals surface area contributed by atoms with E-state index in [2.05, 4.69) is 12.1 Å². The van der Waals surface area contributed by atoms with Gasteiger partial charge in [0.15, 0.2) is 0 Å². The standard InChI is InChI=1S/C22H30N2O4S2/c1-18-17-21(19(2)29-18)30(26,27)24-13-11-23(12-14-24)22(25)9-6-15-28-16-10-20-7-4-3-5-8-20/h3-5,7-8,17H,6,9-16H2,1-2H3. The van der Waals surface area contributed by atoms with Crippen molar-refractivity contribution in [3.05, 3.63) is 51.7 Å². The van der Waals surface area contributed by atoms with E-state index in [4.69, 9.17) is 4.74 Å². The Kier molecular flexibility index (Phi) is 8.05. The lowest BCUT2D eigenvalue weighted by atomic mass is 10.2. The molecule has 164 valence electrons. The van der Waals surface area contributed by atoms with E-state index >= 15 is 0 Å². The zero-order valence-electron chi connectivity index (χ0n) is 17.7. The lowest BCUT2D eigenvalue weighted by molar-refractivity contribution is -0.132. The number of hydrogen-bond acceptors (Lipinski definition) is 5. The predicted octanol–water partition coefficient (Wildman–Crippen LogP) is 3.24. The molecule has 30 heavy (non-hydrogen) atoms. The Hall–Kier alpha value is -1.74. The molecule has 3 rings (SSSR count). The average molecular weight is 451 g/mol. The van der Waals surface area contributed by atoms with Crippen LogP contribution in [0.4, 0.5) is 0 Å². The molecule has 0 spiro atoms. The fraction of sp³-hybridized carbons (Fsp3) is 0.500. The number of sulfonamides is 1. The first-order valence-corrected chi connectivity index (χ1v) is 12.6. The van der Waals surface area contributed by atoms with E-state index in [1.165, 1.54) is 21.2 Å². The van der Waals surface area contributed by atoms with Gasteiger partial charge in [-0.1, -0.05) is 30.3 Å². The van der Waals surface area contributed by atoms with Gasteiger partial charge in [0.25, 0.3) is 0 Å². The van der Waals surface area contributed by atoms with E-state index in [1.807, 2.05) is 32.0 Å². The van der Waals surface area contributed by atoms with Crippen LogP contribution in [0.25, 0.3) is 0 Å². The lowest BCUT2D eigenvalue weighted by Gasteiger charge is -2.34. The van der Waals surface area contributed by atoms with Crippen molar-refractivity contribution in [1.82, 2.24) is 9.21 Å². The Morgan fingerprint density at radius 1 is 1.07 bits per heavy atom. The fourth-order valence-electron chi connectivity index (χ4n) is 3.60. The number of carbonyl (C=O) groups excluding carboxylic acids is 1. The summed E-state index contributed by atoms with van der Waals surface area (Å²) in [4.78, 5) is 16.4. The van der Waals surface area contributed by atoms with Crippen molar-refractivity contribution in [2.75, 3.05) is 39.4 Å². The van der Waals surface area contributed by atoms with Crippen molar-refractivity contribution in [2.45, 2.75) is 38.0 Å². The van der Waals surface area contributed by atoms with Crippen LogP contribution in [0.2, 0.25) is 0 Å². The van der Waals surface area contributed by atoms with Gasteiger partial charge in [0.05, 0.1) is 11.5 Å². The van der Waals surface area contributed by atoms with Crippen molar-refractivity contribution in [1.29, 1.82) is 0 Å². The number of ether oxygens (including phenoxy) is 1. The molecule has 0 atom stereocenters. The van der Waals surface area contributed by atoms with E-state index in [9.17, 15) is 13.2 Å². The molecule has 8 heteroatoms. The fourth-order valence-corrected chi connectivity index (χ4v) is 6.55. The molecule has 1 aromatic heterocycles. The highest BCUT2D eigenvalue weighted by Crippen LogP contribution is 2.28. The molecule has 0 N–H and O–H groups in total. The summed E-state index contributed by atoms with van der Waals surface area (Å²) >= 11 is 1.50. The van der Waals surface area contributed by atoms with Gasteiger partial charge in [-0.15, -0.1) is 11.3 Å². The summed E-state index contributed by atoms with van der Waals surface area (Å²) in [6.07, 6.45) is 1.98. The van der Waals surface area contributed by atoms with Gasteiger partial charge in [0, 0.05) is 49.0 Å². The van der Waals surface area contributed by atoms with E-state index in [0.29, 0.717) is 57.1 Å². The van der Waals surface area contributed by atoms with Crippen LogP contribution in [0, 0.1) is 13.8 Å². The third kappa shape index (κ3) is 5.91. The number of piperazine rings is 1. The number of amides is 1. The molecule has 2 aromatic rings. The van der Waals surface area contributed by atoms with Crippen LogP contribution in [0.1, 0.15) is 28.2 Å². The van der Waals surface area contributed by atoms with Gasteiger partial charge in [-0.2, -0.15) is 4.31 Å². The molecule has 0 aliphatic carbocycles. The zero-order chi connectivity index (χ0) is 21.6. The summed E-state index contributed by atoms with van der Waals surface area (Å²) in [5, 5.41) is 0. The second kappa shape index (κ2) is 10.5. The number of aryl methyl sites for hydroxylation is 2. The predicted molar refractivity (Wildman–Crippen MR) is 119 cm³/mol. The Morgan fingerprint density at radius 3 is 2.40 bits per heavy atom. The molecular formula is C22H30N2O4S2. The summed E-state index contributed by atoms with van der Waals surface area (Å²) in [5.41, 5.74) is 1.24. The third-order valence-corrected chi connectivity index (χ3v) is 8.38. The first-order chi connectivity index (χ1) is 14.4. The quantitative estimate of drug-likeness (QED) is 0.550. The maximum Gasteiger partial charge on any atom is 0.244 e.